The first-order chi connectivity index (χ1) is 21.5. The van der Waals surface area contributed by atoms with Crippen LogP contribution in [0.3, 0.4) is 0 Å². The Kier molecular flexibility index (Phi) is 6.54. The first-order valence-electron chi connectivity index (χ1n) is 15.1. The Morgan fingerprint density at radius 1 is 1.16 bits per heavy atom. The largest absolute Gasteiger partial charge is 0.417 e. The van der Waals surface area contributed by atoms with Crippen LogP contribution in [0.1, 0.15) is 49.1 Å². The second kappa shape index (κ2) is 10.3. The van der Waals surface area contributed by atoms with Crippen LogP contribution in [0.4, 0.5) is 10.1 Å². The molecule has 10 nitrogen and oxygen atoms in total. The van der Waals surface area contributed by atoms with Crippen LogP contribution in [0.15, 0.2) is 57.1 Å². The van der Waals surface area contributed by atoms with Gasteiger partial charge in [-0.05, 0) is 62.1 Å². The number of aromatic nitrogens is 4. The number of H-pyrrole nitrogens is 1. The first kappa shape index (κ1) is 28.7. The van der Waals surface area contributed by atoms with Crippen molar-refractivity contribution < 1.29 is 13.6 Å². The first-order valence-corrected chi connectivity index (χ1v) is 15.1. The number of hydrogen-bond acceptors (Lipinski definition) is 7. The average Bonchev–Trinajstić information content (AvgIpc) is 3.57. The molecule has 1 aromatic carbocycles. The van der Waals surface area contributed by atoms with E-state index in [0.717, 1.165) is 5.56 Å². The fraction of sp³-hybridized carbons (Fsp3) is 0.324. The molecule has 45 heavy (non-hydrogen) atoms. The maximum absolute atomic E-state index is 16.4. The molecule has 5 aromatic rings. The number of piperazine rings is 1. The van der Waals surface area contributed by atoms with Gasteiger partial charge in [-0.15, -0.1) is 0 Å². The molecular formula is C34H33FN6O4. The minimum atomic E-state index is -0.658. The molecule has 7 rings (SSSR count). The highest BCUT2D eigenvalue weighted by atomic mass is 19.1. The topological polar surface area (TPSA) is 117 Å². The van der Waals surface area contributed by atoms with Crippen LogP contribution < -0.4 is 16.2 Å². The van der Waals surface area contributed by atoms with Crippen LogP contribution >= 0.6 is 0 Å². The minimum absolute atomic E-state index is 0.0224. The maximum atomic E-state index is 16.4. The number of fused-ring (bicyclic) bond motifs is 6. The third-order valence-electron chi connectivity index (χ3n) is 9.15. The number of rotatable bonds is 4. The Bertz CT molecular complexity index is 2200. The van der Waals surface area contributed by atoms with Gasteiger partial charge in [-0.25, -0.2) is 14.2 Å². The maximum Gasteiger partial charge on any atom is 0.417 e. The van der Waals surface area contributed by atoms with E-state index in [9.17, 15) is 14.4 Å². The summed E-state index contributed by atoms with van der Waals surface area (Å²) in [6.07, 6.45) is 3.42. The van der Waals surface area contributed by atoms with E-state index in [-0.39, 0.29) is 46.4 Å². The summed E-state index contributed by atoms with van der Waals surface area (Å²) >= 11 is 0. The standard InChI is InChI=1S/C34H33FN6O4/c1-7-25(42)39-15-20-12-22-30(40(20)14-19(39)6)21-13-23(35)28(26-17(4)8-9-24-31(26)45-34(44)37-24)38-32(21)41(33(22)43)29-18(5)10-11-36-27(29)16(2)3/h7-11,13,16,19-20H,1,12,14-15H2,2-6H3,(H,37,44). The van der Waals surface area contributed by atoms with E-state index in [0.29, 0.717) is 64.2 Å². The van der Waals surface area contributed by atoms with Crippen molar-refractivity contribution in [3.05, 3.63) is 92.2 Å². The molecular weight excluding hydrogens is 575 g/mol. The number of carbonyl (C=O) groups is 1. The SMILES string of the molecule is C=CC(=O)N1CC2Cc3c(c4cc(F)c(-c5c(C)ccc6[nH]c(=O)oc56)nc4n(-c4c(C)ccnc4C(C)C)c3=O)N2CC1C. The fourth-order valence-electron chi connectivity index (χ4n) is 7.05. The number of aryl methyl sites for hydroxylation is 2. The normalized spacial score (nSPS) is 17.8. The third kappa shape index (κ3) is 4.24. The van der Waals surface area contributed by atoms with Crippen LogP contribution in [0.5, 0.6) is 0 Å². The molecule has 0 bridgehead atoms. The van der Waals surface area contributed by atoms with Gasteiger partial charge >= 0.3 is 5.76 Å². The number of hydrogen-bond donors (Lipinski definition) is 1. The van der Waals surface area contributed by atoms with Gasteiger partial charge in [0, 0.05) is 42.7 Å². The van der Waals surface area contributed by atoms with E-state index in [2.05, 4.69) is 21.4 Å². The molecule has 1 amide bonds. The van der Waals surface area contributed by atoms with E-state index >= 15 is 4.39 Å². The zero-order chi connectivity index (χ0) is 31.9. The van der Waals surface area contributed by atoms with Crippen molar-refractivity contribution in [2.45, 2.75) is 59.0 Å². The number of pyridine rings is 3. The van der Waals surface area contributed by atoms with Gasteiger partial charge < -0.3 is 14.2 Å². The molecule has 11 heteroatoms. The smallest absolute Gasteiger partial charge is 0.407 e. The van der Waals surface area contributed by atoms with Gasteiger partial charge in [-0.2, -0.15) is 0 Å². The summed E-state index contributed by atoms with van der Waals surface area (Å²) in [5, 5.41) is 0.488. The van der Waals surface area contributed by atoms with Gasteiger partial charge in [-0.1, -0.05) is 26.5 Å². The van der Waals surface area contributed by atoms with Gasteiger partial charge in [-0.3, -0.25) is 24.1 Å². The van der Waals surface area contributed by atoms with Crippen LogP contribution in [0, 0.1) is 19.7 Å². The molecule has 2 aliphatic rings. The molecule has 230 valence electrons. The number of amides is 1. The van der Waals surface area contributed by atoms with E-state index in [1.165, 1.54) is 12.1 Å². The number of oxazole rings is 1. The Hall–Kier alpha value is -5.06. The molecule has 0 aliphatic carbocycles. The number of nitrogens with one attached hydrogen (secondary N) is 1. The highest BCUT2D eigenvalue weighted by Gasteiger charge is 2.42. The van der Waals surface area contributed by atoms with Crippen LogP contribution in [0.25, 0.3) is 39.1 Å². The number of carbonyl (C=O) groups excluding carboxylic acids is 1. The van der Waals surface area contributed by atoms with Crippen molar-refractivity contribution >= 4 is 33.7 Å². The van der Waals surface area contributed by atoms with Crippen molar-refractivity contribution in [3.8, 4) is 16.9 Å². The summed E-state index contributed by atoms with van der Waals surface area (Å²) in [5.74, 6) is -1.45. The zero-order valence-corrected chi connectivity index (χ0v) is 25.8. The van der Waals surface area contributed by atoms with Crippen molar-refractivity contribution in [2.24, 2.45) is 0 Å². The Balaban J connectivity index is 1.57. The van der Waals surface area contributed by atoms with Gasteiger partial charge in [0.1, 0.15) is 17.2 Å². The second-order valence-electron chi connectivity index (χ2n) is 12.4. The molecule has 2 atom stereocenters. The molecule has 2 aliphatic heterocycles. The molecule has 1 saturated heterocycles. The molecule has 6 heterocycles. The predicted molar refractivity (Wildman–Crippen MR) is 171 cm³/mol. The lowest BCUT2D eigenvalue weighted by Crippen LogP contribution is -2.57. The lowest BCUT2D eigenvalue weighted by molar-refractivity contribution is -0.128. The van der Waals surface area contributed by atoms with Crippen molar-refractivity contribution in [1.29, 1.82) is 0 Å². The van der Waals surface area contributed by atoms with Gasteiger partial charge in [0.15, 0.2) is 5.58 Å². The summed E-state index contributed by atoms with van der Waals surface area (Å²) in [6.45, 7) is 14.2. The molecule has 1 N–H and O–H groups in total. The molecule has 2 unspecified atom stereocenters. The minimum Gasteiger partial charge on any atom is -0.407 e. The third-order valence-corrected chi connectivity index (χ3v) is 9.15. The van der Waals surface area contributed by atoms with Crippen LogP contribution in [0.2, 0.25) is 0 Å². The van der Waals surface area contributed by atoms with E-state index < -0.39 is 11.6 Å². The quantitative estimate of drug-likeness (QED) is 0.288. The van der Waals surface area contributed by atoms with E-state index in [1.54, 1.807) is 34.7 Å². The van der Waals surface area contributed by atoms with Gasteiger partial charge in [0.05, 0.1) is 34.2 Å². The average molecular weight is 609 g/mol. The van der Waals surface area contributed by atoms with E-state index in [1.807, 2.05) is 33.8 Å². The highest BCUT2D eigenvalue weighted by Crippen LogP contribution is 2.42. The van der Waals surface area contributed by atoms with Gasteiger partial charge in [0.2, 0.25) is 5.91 Å². The monoisotopic (exact) mass is 608 g/mol. The van der Waals surface area contributed by atoms with Crippen LogP contribution in [-0.2, 0) is 11.2 Å². The lowest BCUT2D eigenvalue weighted by atomic mass is 10.0. The summed E-state index contributed by atoms with van der Waals surface area (Å²) in [7, 11) is 0. The molecule has 4 aromatic heterocycles. The Morgan fingerprint density at radius 3 is 2.67 bits per heavy atom. The summed E-state index contributed by atoms with van der Waals surface area (Å²) < 4.78 is 23.5. The number of nitrogens with zero attached hydrogens (tertiary/aromatic N) is 5. The molecule has 0 radical (unpaired) electrons. The van der Waals surface area contributed by atoms with Gasteiger partial charge in [0.25, 0.3) is 5.56 Å². The Morgan fingerprint density at radius 2 is 1.93 bits per heavy atom. The number of benzene rings is 1. The number of anilines is 1. The lowest BCUT2D eigenvalue weighted by Gasteiger charge is -2.43. The fourth-order valence-corrected chi connectivity index (χ4v) is 7.05. The van der Waals surface area contributed by atoms with Crippen molar-refractivity contribution in [3.63, 3.8) is 0 Å². The molecule has 0 spiro atoms. The highest BCUT2D eigenvalue weighted by molar-refractivity contribution is 5.98. The molecule has 0 saturated carbocycles. The molecule has 1 fully saturated rings. The number of aromatic amines is 1. The summed E-state index contributed by atoms with van der Waals surface area (Å²) in [5.41, 5.74) is 4.94. The predicted octanol–water partition coefficient (Wildman–Crippen LogP) is 4.91. The van der Waals surface area contributed by atoms with Crippen molar-refractivity contribution in [1.82, 2.24) is 24.4 Å². The van der Waals surface area contributed by atoms with Crippen LogP contribution in [-0.4, -0.2) is 55.5 Å². The summed E-state index contributed by atoms with van der Waals surface area (Å²) in [4.78, 5) is 55.6. The second-order valence-corrected chi connectivity index (χ2v) is 12.4. The zero-order valence-electron chi connectivity index (χ0n) is 25.8. The summed E-state index contributed by atoms with van der Waals surface area (Å²) in [6, 6.07) is 6.43. The number of halogens is 1. The van der Waals surface area contributed by atoms with Crippen molar-refractivity contribution in [2.75, 3.05) is 18.0 Å². The Labute approximate surface area is 257 Å². The van der Waals surface area contributed by atoms with E-state index in [4.69, 9.17) is 9.40 Å².